The first-order valence-corrected chi connectivity index (χ1v) is 7.46. The van der Waals surface area contributed by atoms with Gasteiger partial charge in [0.2, 0.25) is 0 Å². The number of carbonyl (C=O) groups is 2. The quantitative estimate of drug-likeness (QED) is 0.590. The first-order valence-electron chi connectivity index (χ1n) is 7.08. The van der Waals surface area contributed by atoms with Crippen molar-refractivity contribution < 1.29 is 24.9 Å². The van der Waals surface area contributed by atoms with Crippen LogP contribution in [-0.2, 0) is 9.59 Å². The van der Waals surface area contributed by atoms with E-state index >= 15 is 0 Å². The van der Waals surface area contributed by atoms with Crippen LogP contribution in [0.15, 0.2) is 35.9 Å². The molecule has 0 bridgehead atoms. The molecule has 0 amide bonds. The first kappa shape index (κ1) is 17.5. The van der Waals surface area contributed by atoms with E-state index in [2.05, 4.69) is 5.32 Å². The van der Waals surface area contributed by atoms with Crippen molar-refractivity contribution in [2.75, 3.05) is 0 Å². The average molecular weight is 340 g/mol. The molecule has 0 aliphatic carbocycles. The van der Waals surface area contributed by atoms with Crippen molar-refractivity contribution >= 4 is 23.5 Å². The maximum absolute atomic E-state index is 11.1. The number of benzene rings is 1. The summed E-state index contributed by atoms with van der Waals surface area (Å²) in [5.41, 5.74) is -0.0658. The molecule has 124 valence electrons. The minimum atomic E-state index is -1.29. The molecule has 0 saturated carbocycles. The summed E-state index contributed by atoms with van der Waals surface area (Å²) in [5, 5.41) is 31.8. The predicted octanol–water partition coefficient (Wildman–Crippen LogP) is 1.98. The van der Waals surface area contributed by atoms with Crippen molar-refractivity contribution in [2.24, 2.45) is 0 Å². The molecule has 1 aromatic rings. The van der Waals surface area contributed by atoms with Gasteiger partial charge in [0, 0.05) is 28.3 Å². The summed E-state index contributed by atoms with van der Waals surface area (Å²) in [7, 11) is 0. The summed E-state index contributed by atoms with van der Waals surface area (Å²) < 4.78 is 0. The van der Waals surface area contributed by atoms with Gasteiger partial charge in [-0.3, -0.25) is 0 Å². The number of hydrogen-bond donors (Lipinski definition) is 4. The summed E-state index contributed by atoms with van der Waals surface area (Å²) in [6, 6.07) is 6.67. The fourth-order valence-corrected chi connectivity index (χ4v) is 3.10. The highest BCUT2D eigenvalue weighted by atomic mass is 35.5. The molecule has 4 N–H and O–H groups in total. The van der Waals surface area contributed by atoms with Gasteiger partial charge in [0.25, 0.3) is 0 Å². The van der Waals surface area contributed by atoms with E-state index in [1.165, 1.54) is 0 Å². The second-order valence-corrected chi connectivity index (χ2v) is 6.44. The lowest BCUT2D eigenvalue weighted by Crippen LogP contribution is -2.64. The molecule has 1 heterocycles. The van der Waals surface area contributed by atoms with E-state index in [-0.39, 0.29) is 18.0 Å². The molecule has 3 atom stereocenters. The van der Waals surface area contributed by atoms with E-state index in [1.807, 2.05) is 0 Å². The van der Waals surface area contributed by atoms with Gasteiger partial charge in [-0.1, -0.05) is 23.7 Å². The van der Waals surface area contributed by atoms with Gasteiger partial charge in [0.1, 0.15) is 0 Å². The number of aliphatic hydroxyl groups is 1. The molecular weight excluding hydrogens is 322 g/mol. The molecule has 1 unspecified atom stereocenters. The number of carboxylic acids is 2. The zero-order valence-corrected chi connectivity index (χ0v) is 13.2. The number of hydrogen-bond acceptors (Lipinski definition) is 4. The molecule has 1 aromatic carbocycles. The number of aliphatic hydroxyl groups excluding tert-OH is 1. The van der Waals surface area contributed by atoms with E-state index in [0.717, 1.165) is 0 Å². The lowest BCUT2D eigenvalue weighted by molar-refractivity contribution is -0.135. The van der Waals surface area contributed by atoms with Gasteiger partial charge in [0.05, 0.1) is 6.10 Å². The Morgan fingerprint density at radius 2 is 2.13 bits per heavy atom. The molecule has 23 heavy (non-hydrogen) atoms. The van der Waals surface area contributed by atoms with Gasteiger partial charge in [0.15, 0.2) is 0 Å². The molecule has 1 fully saturated rings. The van der Waals surface area contributed by atoms with Crippen LogP contribution >= 0.6 is 11.6 Å². The van der Waals surface area contributed by atoms with E-state index < -0.39 is 23.6 Å². The molecule has 1 aliphatic rings. The van der Waals surface area contributed by atoms with E-state index in [1.54, 1.807) is 31.2 Å². The highest BCUT2D eigenvalue weighted by molar-refractivity contribution is 6.30. The maximum atomic E-state index is 11.1. The van der Waals surface area contributed by atoms with Crippen LogP contribution in [0.25, 0.3) is 0 Å². The number of rotatable bonds is 6. The predicted molar refractivity (Wildman–Crippen MR) is 84.3 cm³/mol. The molecule has 0 spiro atoms. The molecule has 7 heteroatoms. The van der Waals surface area contributed by atoms with Gasteiger partial charge < -0.3 is 20.6 Å². The third-order valence-corrected chi connectivity index (χ3v) is 4.16. The molecule has 2 rings (SSSR count). The standard InChI is InChI=1S/C16H18ClNO5/c1-16(7-10(15(22)23)6-13(19)20)8-12(18-16)14(21)9-3-2-4-11(17)5-9/h2-6,12,14,18,21H,7-8H2,1H3,(H,19,20)(H,22,23)/b10-6-/t12-,14-,16?/m0/s1. The molecule has 6 nitrogen and oxygen atoms in total. The highest BCUT2D eigenvalue weighted by Crippen LogP contribution is 2.37. The smallest absolute Gasteiger partial charge is 0.331 e. The third-order valence-electron chi connectivity index (χ3n) is 3.93. The molecule has 1 aliphatic heterocycles. The zero-order chi connectivity index (χ0) is 17.2. The minimum Gasteiger partial charge on any atom is -0.478 e. The summed E-state index contributed by atoms with van der Waals surface area (Å²) in [4.78, 5) is 21.8. The Bertz CT molecular complexity index is 652. The number of halogens is 1. The maximum Gasteiger partial charge on any atom is 0.331 e. The normalized spacial score (nSPS) is 25.5. The van der Waals surface area contributed by atoms with Crippen molar-refractivity contribution in [3.63, 3.8) is 0 Å². The largest absolute Gasteiger partial charge is 0.478 e. The van der Waals surface area contributed by atoms with E-state index in [9.17, 15) is 14.7 Å². The number of nitrogens with one attached hydrogen (secondary N) is 1. The van der Waals surface area contributed by atoms with Crippen LogP contribution in [0.1, 0.15) is 31.4 Å². The highest BCUT2D eigenvalue weighted by Gasteiger charge is 2.44. The van der Waals surface area contributed by atoms with Crippen LogP contribution in [-0.4, -0.2) is 38.8 Å². The van der Waals surface area contributed by atoms with Gasteiger partial charge >= 0.3 is 11.9 Å². The summed E-state index contributed by atoms with van der Waals surface area (Å²) in [6.45, 7) is 1.80. The Labute approximate surface area is 138 Å². The first-order chi connectivity index (χ1) is 10.7. The lowest BCUT2D eigenvalue weighted by atomic mass is 9.75. The van der Waals surface area contributed by atoms with Gasteiger partial charge in [-0.05, 0) is 37.5 Å². The van der Waals surface area contributed by atoms with Crippen molar-refractivity contribution in [2.45, 2.75) is 37.5 Å². The Kier molecular flexibility index (Phi) is 5.09. The minimum absolute atomic E-state index is 0.0629. The van der Waals surface area contributed by atoms with Crippen LogP contribution < -0.4 is 5.32 Å². The van der Waals surface area contributed by atoms with Crippen LogP contribution in [0.5, 0.6) is 0 Å². The van der Waals surface area contributed by atoms with E-state index in [4.69, 9.17) is 21.8 Å². The van der Waals surface area contributed by atoms with Crippen LogP contribution in [0.3, 0.4) is 0 Å². The molecular formula is C16H18ClNO5. The molecule has 0 aromatic heterocycles. The molecule has 1 saturated heterocycles. The summed E-state index contributed by atoms with van der Waals surface area (Å²) >= 11 is 5.90. The van der Waals surface area contributed by atoms with E-state index in [0.29, 0.717) is 23.1 Å². The van der Waals surface area contributed by atoms with Crippen molar-refractivity contribution in [1.29, 1.82) is 0 Å². The Morgan fingerprint density at radius 3 is 2.65 bits per heavy atom. The molecule has 0 radical (unpaired) electrons. The summed E-state index contributed by atoms with van der Waals surface area (Å²) in [6.07, 6.45) is 0.521. The Morgan fingerprint density at radius 1 is 1.48 bits per heavy atom. The second kappa shape index (κ2) is 6.70. The number of carboxylic acid groups (broad SMARTS) is 2. The lowest BCUT2D eigenvalue weighted by Gasteiger charge is -2.49. The van der Waals surface area contributed by atoms with Crippen molar-refractivity contribution in [3.05, 3.63) is 46.5 Å². The fourth-order valence-electron chi connectivity index (χ4n) is 2.91. The SMILES string of the molecule is CC1(C/C(=C/C(=O)O)C(=O)O)C[C@@H]([C@@H](O)c2cccc(Cl)c2)N1. The van der Waals surface area contributed by atoms with Crippen molar-refractivity contribution in [3.8, 4) is 0 Å². The summed E-state index contributed by atoms with van der Waals surface area (Å²) in [5.74, 6) is -2.55. The van der Waals surface area contributed by atoms with Crippen LogP contribution in [0.2, 0.25) is 5.02 Å². The zero-order valence-electron chi connectivity index (χ0n) is 12.5. The number of aliphatic carboxylic acids is 2. The fraction of sp³-hybridized carbons (Fsp3) is 0.375. The van der Waals surface area contributed by atoms with Gasteiger partial charge in [-0.15, -0.1) is 0 Å². The third kappa shape index (κ3) is 4.31. The topological polar surface area (TPSA) is 107 Å². The van der Waals surface area contributed by atoms with Crippen molar-refractivity contribution in [1.82, 2.24) is 5.32 Å². The van der Waals surface area contributed by atoms with Crippen LogP contribution in [0.4, 0.5) is 0 Å². The Balaban J connectivity index is 2.01. The monoisotopic (exact) mass is 339 g/mol. The second-order valence-electron chi connectivity index (χ2n) is 6.01. The van der Waals surface area contributed by atoms with Gasteiger partial charge in [-0.2, -0.15) is 0 Å². The van der Waals surface area contributed by atoms with Crippen LogP contribution in [0, 0.1) is 0 Å². The van der Waals surface area contributed by atoms with Gasteiger partial charge in [-0.25, -0.2) is 9.59 Å². The average Bonchev–Trinajstić information content (AvgIpc) is 2.42. The Hall–Kier alpha value is -1.89.